The third-order valence-corrected chi connectivity index (χ3v) is 6.65. The van der Waals surface area contributed by atoms with E-state index in [1.54, 1.807) is 0 Å². The third kappa shape index (κ3) is 2.60. The molecule has 1 nitrogen and oxygen atoms in total. The molecule has 110 valence electrons. The molecule has 1 aliphatic heterocycles. The average molecular weight is 263 g/mol. The molecule has 3 rings (SSSR count). The topological polar surface area (TPSA) is 3.24 Å². The minimum absolute atomic E-state index is 0.576. The van der Waals surface area contributed by atoms with Crippen LogP contribution in [-0.2, 0) is 0 Å². The highest BCUT2D eigenvalue weighted by Gasteiger charge is 2.48. The van der Waals surface area contributed by atoms with E-state index < -0.39 is 0 Å². The first-order valence-corrected chi connectivity index (χ1v) is 8.49. The Morgan fingerprint density at radius 2 is 1.21 bits per heavy atom. The fourth-order valence-electron chi connectivity index (χ4n) is 5.34. The van der Waals surface area contributed by atoms with Crippen LogP contribution in [0.3, 0.4) is 0 Å². The van der Waals surface area contributed by atoms with Crippen molar-refractivity contribution in [2.75, 3.05) is 7.05 Å². The van der Waals surface area contributed by atoms with Crippen molar-refractivity contribution in [1.82, 2.24) is 4.90 Å². The maximum Gasteiger partial charge on any atom is 0.0129 e. The second kappa shape index (κ2) is 4.48. The summed E-state index contributed by atoms with van der Waals surface area (Å²) in [5.41, 5.74) is 1.15. The van der Waals surface area contributed by atoms with Crippen LogP contribution in [-0.4, -0.2) is 24.0 Å². The Bertz CT molecular complexity index is 312. The maximum atomic E-state index is 2.82. The van der Waals surface area contributed by atoms with Crippen LogP contribution in [0.5, 0.6) is 0 Å². The Labute approximate surface area is 120 Å². The molecule has 1 heterocycles. The summed E-state index contributed by atoms with van der Waals surface area (Å²) in [5.74, 6) is 2.00. The maximum absolute atomic E-state index is 2.82. The standard InChI is InChI=1S/C18H33N/c1-17(2)8-6-13-10-14-7-9-18(3,4)12-16(14)19(5)15(13)11-17/h13-16H,6-12H2,1-5H3. The normalized spacial score (nSPS) is 45.3. The van der Waals surface area contributed by atoms with Crippen LogP contribution in [0.15, 0.2) is 0 Å². The predicted octanol–water partition coefficient (Wildman–Crippen LogP) is 4.71. The fraction of sp³-hybridized carbons (Fsp3) is 1.00. The zero-order chi connectivity index (χ0) is 13.8. The average Bonchev–Trinajstić information content (AvgIpc) is 2.30. The lowest BCUT2D eigenvalue weighted by Gasteiger charge is -2.57. The number of fused-ring (bicyclic) bond motifs is 2. The Balaban J connectivity index is 1.78. The van der Waals surface area contributed by atoms with Gasteiger partial charge in [0.1, 0.15) is 0 Å². The molecular weight excluding hydrogens is 230 g/mol. The zero-order valence-electron chi connectivity index (χ0n) is 13.7. The zero-order valence-corrected chi connectivity index (χ0v) is 13.7. The van der Waals surface area contributed by atoms with Gasteiger partial charge in [0.25, 0.3) is 0 Å². The van der Waals surface area contributed by atoms with E-state index in [4.69, 9.17) is 0 Å². The summed E-state index contributed by atoms with van der Waals surface area (Å²) in [5, 5.41) is 0. The molecule has 4 atom stereocenters. The fourth-order valence-corrected chi connectivity index (χ4v) is 5.34. The molecule has 0 amide bonds. The molecule has 0 N–H and O–H groups in total. The Kier molecular flexibility index (Phi) is 3.28. The Hall–Kier alpha value is -0.0400. The molecule has 3 fully saturated rings. The van der Waals surface area contributed by atoms with Crippen molar-refractivity contribution in [2.24, 2.45) is 22.7 Å². The van der Waals surface area contributed by atoms with Crippen LogP contribution >= 0.6 is 0 Å². The van der Waals surface area contributed by atoms with Crippen molar-refractivity contribution in [3.8, 4) is 0 Å². The monoisotopic (exact) mass is 263 g/mol. The number of likely N-dealkylation sites (tertiary alicyclic amines) is 1. The van der Waals surface area contributed by atoms with Gasteiger partial charge in [0.05, 0.1) is 0 Å². The van der Waals surface area contributed by atoms with E-state index in [0.29, 0.717) is 10.8 Å². The van der Waals surface area contributed by atoms with E-state index >= 15 is 0 Å². The number of hydrogen-bond donors (Lipinski definition) is 0. The highest BCUT2D eigenvalue weighted by Crippen LogP contribution is 2.51. The highest BCUT2D eigenvalue weighted by atomic mass is 15.2. The first kappa shape index (κ1) is 13.9. The summed E-state index contributed by atoms with van der Waals surface area (Å²) >= 11 is 0. The second-order valence-electron chi connectivity index (χ2n) is 9.37. The lowest BCUT2D eigenvalue weighted by atomic mass is 9.60. The molecule has 0 bridgehead atoms. The van der Waals surface area contributed by atoms with Crippen LogP contribution in [0.1, 0.15) is 72.6 Å². The summed E-state index contributed by atoms with van der Waals surface area (Å²) in [6.07, 6.45) is 10.3. The number of nitrogens with zero attached hydrogens (tertiary/aromatic N) is 1. The molecule has 0 spiro atoms. The van der Waals surface area contributed by atoms with E-state index in [0.717, 1.165) is 23.9 Å². The molecule has 0 aromatic rings. The van der Waals surface area contributed by atoms with Crippen LogP contribution in [0.2, 0.25) is 0 Å². The number of piperidine rings is 1. The molecule has 0 aromatic carbocycles. The van der Waals surface area contributed by atoms with Crippen molar-refractivity contribution in [2.45, 2.75) is 84.7 Å². The molecule has 2 aliphatic carbocycles. The summed E-state index contributed by atoms with van der Waals surface area (Å²) < 4.78 is 0. The van der Waals surface area contributed by atoms with Gasteiger partial charge in [-0.3, -0.25) is 4.90 Å². The Morgan fingerprint density at radius 1 is 0.789 bits per heavy atom. The van der Waals surface area contributed by atoms with E-state index in [1.165, 1.54) is 44.9 Å². The van der Waals surface area contributed by atoms with Crippen molar-refractivity contribution in [3.05, 3.63) is 0 Å². The van der Waals surface area contributed by atoms with Crippen molar-refractivity contribution >= 4 is 0 Å². The molecular formula is C18H33N. The SMILES string of the molecule is CN1C2CC(C)(C)CCC2CC2CCC(C)(C)CC21. The van der Waals surface area contributed by atoms with Crippen LogP contribution in [0.25, 0.3) is 0 Å². The second-order valence-corrected chi connectivity index (χ2v) is 9.37. The van der Waals surface area contributed by atoms with Gasteiger partial charge in [-0.2, -0.15) is 0 Å². The molecule has 1 heteroatoms. The summed E-state index contributed by atoms with van der Waals surface area (Å²) in [4.78, 5) is 2.82. The van der Waals surface area contributed by atoms with Gasteiger partial charge < -0.3 is 0 Å². The van der Waals surface area contributed by atoms with Crippen molar-refractivity contribution in [1.29, 1.82) is 0 Å². The van der Waals surface area contributed by atoms with E-state index in [9.17, 15) is 0 Å². The molecule has 19 heavy (non-hydrogen) atoms. The van der Waals surface area contributed by atoms with Crippen LogP contribution < -0.4 is 0 Å². The molecule has 4 unspecified atom stereocenters. The van der Waals surface area contributed by atoms with Crippen LogP contribution in [0.4, 0.5) is 0 Å². The largest absolute Gasteiger partial charge is 0.300 e. The van der Waals surface area contributed by atoms with Gasteiger partial charge in [-0.05, 0) is 74.7 Å². The quantitative estimate of drug-likeness (QED) is 0.611. The van der Waals surface area contributed by atoms with E-state index in [1.807, 2.05) is 0 Å². The smallest absolute Gasteiger partial charge is 0.0129 e. The van der Waals surface area contributed by atoms with Crippen LogP contribution in [0, 0.1) is 22.7 Å². The molecule has 2 saturated carbocycles. The lowest BCUT2D eigenvalue weighted by molar-refractivity contribution is -0.0662. The lowest BCUT2D eigenvalue weighted by Crippen LogP contribution is -2.58. The van der Waals surface area contributed by atoms with E-state index in [-0.39, 0.29) is 0 Å². The number of rotatable bonds is 0. The summed E-state index contributed by atoms with van der Waals surface area (Å²) in [7, 11) is 2.44. The van der Waals surface area contributed by atoms with Gasteiger partial charge in [-0.1, -0.05) is 27.7 Å². The van der Waals surface area contributed by atoms with Gasteiger partial charge in [0.2, 0.25) is 0 Å². The van der Waals surface area contributed by atoms with Crippen molar-refractivity contribution in [3.63, 3.8) is 0 Å². The summed E-state index contributed by atoms with van der Waals surface area (Å²) in [6, 6.07) is 1.75. The number of hydrogen-bond acceptors (Lipinski definition) is 1. The first-order chi connectivity index (χ1) is 8.77. The highest BCUT2D eigenvalue weighted by molar-refractivity contribution is 5.01. The van der Waals surface area contributed by atoms with Gasteiger partial charge in [0, 0.05) is 12.1 Å². The minimum Gasteiger partial charge on any atom is -0.300 e. The predicted molar refractivity (Wildman–Crippen MR) is 82.2 cm³/mol. The molecule has 3 aliphatic rings. The van der Waals surface area contributed by atoms with Gasteiger partial charge >= 0.3 is 0 Å². The van der Waals surface area contributed by atoms with Gasteiger partial charge in [0.15, 0.2) is 0 Å². The molecule has 0 radical (unpaired) electrons. The van der Waals surface area contributed by atoms with Gasteiger partial charge in [-0.15, -0.1) is 0 Å². The third-order valence-electron chi connectivity index (χ3n) is 6.65. The first-order valence-electron chi connectivity index (χ1n) is 8.49. The summed E-state index contributed by atoms with van der Waals surface area (Å²) in [6.45, 7) is 9.92. The minimum atomic E-state index is 0.576. The van der Waals surface area contributed by atoms with E-state index in [2.05, 4.69) is 39.6 Å². The van der Waals surface area contributed by atoms with Crippen molar-refractivity contribution < 1.29 is 0 Å². The van der Waals surface area contributed by atoms with Gasteiger partial charge in [-0.25, -0.2) is 0 Å². The molecule has 0 aromatic heterocycles. The molecule has 1 saturated heterocycles. The Morgan fingerprint density at radius 3 is 1.63 bits per heavy atom.